The summed E-state index contributed by atoms with van der Waals surface area (Å²) < 4.78 is 25.2. The van der Waals surface area contributed by atoms with Crippen molar-refractivity contribution in [2.24, 2.45) is 0 Å². The van der Waals surface area contributed by atoms with E-state index in [2.05, 4.69) is 5.32 Å². The highest BCUT2D eigenvalue weighted by Gasteiger charge is 2.34. The molecule has 0 aromatic heterocycles. The van der Waals surface area contributed by atoms with Gasteiger partial charge >= 0.3 is 6.03 Å². The molecule has 118 valence electrons. The summed E-state index contributed by atoms with van der Waals surface area (Å²) >= 11 is 0. The maximum Gasteiger partial charge on any atom is 0.321 e. The number of nitrogens with zero attached hydrogens (tertiary/aromatic N) is 2. The summed E-state index contributed by atoms with van der Waals surface area (Å²) in [6, 6.07) is 6.28. The number of hydrogen-bond donors (Lipinski definition) is 1. The fourth-order valence-electron chi connectivity index (χ4n) is 2.60. The van der Waals surface area contributed by atoms with Gasteiger partial charge in [0.1, 0.15) is 0 Å². The van der Waals surface area contributed by atoms with E-state index in [9.17, 15) is 18.4 Å². The lowest BCUT2D eigenvalue weighted by molar-refractivity contribution is 0.0534. The third-order valence-corrected chi connectivity index (χ3v) is 3.87. The Labute approximate surface area is 126 Å². The van der Waals surface area contributed by atoms with Crippen molar-refractivity contribution in [1.29, 1.82) is 0 Å². The number of rotatable bonds is 5. The van der Waals surface area contributed by atoms with E-state index in [1.807, 2.05) is 0 Å². The van der Waals surface area contributed by atoms with Crippen LogP contribution in [-0.4, -0.2) is 48.9 Å². The molecule has 7 heteroatoms. The fourth-order valence-corrected chi connectivity index (χ4v) is 2.60. The van der Waals surface area contributed by atoms with Gasteiger partial charge in [-0.25, -0.2) is 13.6 Å². The number of hydrogen-bond acceptors (Lipinski definition) is 2. The monoisotopic (exact) mass is 309 g/mol. The molecule has 1 N–H and O–H groups in total. The average molecular weight is 309 g/mol. The molecule has 3 rings (SSSR count). The van der Waals surface area contributed by atoms with Crippen molar-refractivity contribution >= 4 is 17.6 Å². The molecule has 1 saturated heterocycles. The number of carbonyl (C=O) groups excluding carboxylic acids is 2. The zero-order chi connectivity index (χ0) is 15.7. The smallest absolute Gasteiger partial charge is 0.321 e. The Morgan fingerprint density at radius 1 is 1.32 bits per heavy atom. The van der Waals surface area contributed by atoms with E-state index >= 15 is 0 Å². The Bertz CT molecular complexity index is 573. The van der Waals surface area contributed by atoms with Gasteiger partial charge in [-0.05, 0) is 37.1 Å². The molecule has 3 amide bonds. The number of benzene rings is 1. The molecular formula is C15H17F2N3O2. The summed E-state index contributed by atoms with van der Waals surface area (Å²) in [5.41, 5.74) is 1.06. The van der Waals surface area contributed by atoms with Crippen LogP contribution in [0, 0.1) is 0 Å². The van der Waals surface area contributed by atoms with Gasteiger partial charge in [0.25, 0.3) is 12.3 Å². The predicted molar refractivity (Wildman–Crippen MR) is 77.2 cm³/mol. The van der Waals surface area contributed by atoms with E-state index in [4.69, 9.17) is 0 Å². The summed E-state index contributed by atoms with van der Waals surface area (Å²) in [5.74, 6) is -0.375. The SMILES string of the molecule is O=C1NCCN1c1ccc(C(=O)N(CC(F)F)C2CC2)cc1. The summed E-state index contributed by atoms with van der Waals surface area (Å²) in [4.78, 5) is 26.8. The van der Waals surface area contributed by atoms with Crippen LogP contribution in [0.25, 0.3) is 0 Å². The normalized spacial score (nSPS) is 17.8. The summed E-state index contributed by atoms with van der Waals surface area (Å²) in [5, 5.41) is 2.70. The van der Waals surface area contributed by atoms with Crippen molar-refractivity contribution in [3.8, 4) is 0 Å². The molecule has 0 unspecified atom stereocenters. The molecule has 1 heterocycles. The van der Waals surface area contributed by atoms with E-state index < -0.39 is 13.0 Å². The van der Waals surface area contributed by atoms with Gasteiger partial charge in [0, 0.05) is 30.4 Å². The van der Waals surface area contributed by atoms with Gasteiger partial charge in [-0.2, -0.15) is 0 Å². The van der Waals surface area contributed by atoms with Crippen LogP contribution in [0.5, 0.6) is 0 Å². The molecule has 1 saturated carbocycles. The Morgan fingerprint density at radius 2 is 2.00 bits per heavy atom. The first-order valence-corrected chi connectivity index (χ1v) is 7.31. The minimum absolute atomic E-state index is 0.0643. The lowest BCUT2D eigenvalue weighted by Crippen LogP contribution is -2.37. The Morgan fingerprint density at radius 3 is 2.50 bits per heavy atom. The molecule has 22 heavy (non-hydrogen) atoms. The lowest BCUT2D eigenvalue weighted by atomic mass is 10.1. The molecule has 0 spiro atoms. The van der Waals surface area contributed by atoms with Crippen LogP contribution in [0.4, 0.5) is 19.3 Å². The Kier molecular flexibility index (Phi) is 3.96. The summed E-state index contributed by atoms with van der Waals surface area (Å²) in [7, 11) is 0. The molecule has 5 nitrogen and oxygen atoms in total. The van der Waals surface area contributed by atoms with Gasteiger partial charge in [0.05, 0.1) is 6.54 Å². The molecular weight excluding hydrogens is 292 g/mol. The number of urea groups is 1. The fraction of sp³-hybridized carbons (Fsp3) is 0.467. The molecule has 2 aliphatic rings. The summed E-state index contributed by atoms with van der Waals surface area (Å²) in [6.45, 7) is 0.634. The predicted octanol–water partition coefficient (Wildman–Crippen LogP) is 2.09. The zero-order valence-corrected chi connectivity index (χ0v) is 12.0. The molecule has 2 fully saturated rings. The highest BCUT2D eigenvalue weighted by atomic mass is 19.3. The van der Waals surface area contributed by atoms with E-state index in [-0.39, 0.29) is 18.0 Å². The van der Waals surface area contributed by atoms with Crippen LogP contribution >= 0.6 is 0 Å². The third-order valence-electron chi connectivity index (χ3n) is 3.87. The molecule has 0 radical (unpaired) electrons. The molecule has 1 aliphatic heterocycles. The minimum atomic E-state index is -2.53. The van der Waals surface area contributed by atoms with Crippen molar-refractivity contribution in [2.75, 3.05) is 24.5 Å². The number of nitrogens with one attached hydrogen (secondary N) is 1. The highest BCUT2D eigenvalue weighted by molar-refractivity contribution is 5.97. The maximum absolute atomic E-state index is 12.6. The molecule has 1 aromatic carbocycles. The van der Waals surface area contributed by atoms with Gasteiger partial charge in [0.15, 0.2) is 0 Å². The number of anilines is 1. The summed E-state index contributed by atoms with van der Waals surface area (Å²) in [6.07, 6.45) is -0.966. The zero-order valence-electron chi connectivity index (χ0n) is 12.0. The molecule has 1 aliphatic carbocycles. The van der Waals surface area contributed by atoms with Crippen LogP contribution in [-0.2, 0) is 0 Å². The van der Waals surface area contributed by atoms with Gasteiger partial charge in [0.2, 0.25) is 0 Å². The topological polar surface area (TPSA) is 52.7 Å². The standard InChI is InChI=1S/C15H17F2N3O2/c16-13(17)9-20(12-5-6-12)14(21)10-1-3-11(4-2-10)19-8-7-18-15(19)22/h1-4,12-13H,5-9H2,(H,18,22). The second-order valence-corrected chi connectivity index (χ2v) is 5.51. The van der Waals surface area contributed by atoms with Gasteiger partial charge in [-0.15, -0.1) is 0 Å². The molecule has 0 bridgehead atoms. The molecule has 0 atom stereocenters. The quantitative estimate of drug-likeness (QED) is 0.905. The van der Waals surface area contributed by atoms with E-state index in [0.717, 1.165) is 12.8 Å². The van der Waals surface area contributed by atoms with Crippen molar-refractivity contribution < 1.29 is 18.4 Å². The molecule has 1 aromatic rings. The first kappa shape index (κ1) is 14.7. The average Bonchev–Trinajstić information content (AvgIpc) is 3.26. The van der Waals surface area contributed by atoms with Crippen LogP contribution in [0.3, 0.4) is 0 Å². The largest absolute Gasteiger partial charge is 0.336 e. The second kappa shape index (κ2) is 5.90. The number of halogens is 2. The van der Waals surface area contributed by atoms with Gasteiger partial charge in [-0.1, -0.05) is 0 Å². The number of amides is 3. The van der Waals surface area contributed by atoms with E-state index in [0.29, 0.717) is 24.3 Å². The third kappa shape index (κ3) is 3.03. The van der Waals surface area contributed by atoms with E-state index in [1.54, 1.807) is 29.2 Å². The van der Waals surface area contributed by atoms with Crippen LogP contribution < -0.4 is 10.2 Å². The Balaban J connectivity index is 1.73. The lowest BCUT2D eigenvalue weighted by Gasteiger charge is -2.22. The Hall–Kier alpha value is -2.18. The first-order valence-electron chi connectivity index (χ1n) is 7.31. The minimum Gasteiger partial charge on any atom is -0.336 e. The van der Waals surface area contributed by atoms with Crippen molar-refractivity contribution in [3.05, 3.63) is 29.8 Å². The first-order chi connectivity index (χ1) is 10.6. The number of alkyl halides is 2. The van der Waals surface area contributed by atoms with Crippen LogP contribution in [0.2, 0.25) is 0 Å². The van der Waals surface area contributed by atoms with Crippen molar-refractivity contribution in [1.82, 2.24) is 10.2 Å². The van der Waals surface area contributed by atoms with Crippen LogP contribution in [0.15, 0.2) is 24.3 Å². The second-order valence-electron chi connectivity index (χ2n) is 5.51. The van der Waals surface area contributed by atoms with Crippen molar-refractivity contribution in [2.45, 2.75) is 25.3 Å². The number of carbonyl (C=O) groups is 2. The van der Waals surface area contributed by atoms with Gasteiger partial charge < -0.3 is 10.2 Å². The van der Waals surface area contributed by atoms with Gasteiger partial charge in [-0.3, -0.25) is 9.69 Å². The highest BCUT2D eigenvalue weighted by Crippen LogP contribution is 2.29. The van der Waals surface area contributed by atoms with Crippen LogP contribution in [0.1, 0.15) is 23.2 Å². The maximum atomic E-state index is 12.6. The van der Waals surface area contributed by atoms with E-state index in [1.165, 1.54) is 4.90 Å². The van der Waals surface area contributed by atoms with Crippen molar-refractivity contribution in [3.63, 3.8) is 0 Å².